The maximum Gasteiger partial charge on any atom is 0.306 e. The Balaban J connectivity index is 2.41. The third kappa shape index (κ3) is 3.50. The predicted molar refractivity (Wildman–Crippen MR) is 66.4 cm³/mol. The smallest absolute Gasteiger partial charge is 0.306 e. The van der Waals surface area contributed by atoms with Crippen LogP contribution >= 0.6 is 0 Å². The van der Waals surface area contributed by atoms with Crippen LogP contribution in [-0.4, -0.2) is 11.1 Å². The molecule has 0 aliphatic heterocycles. The monoisotopic (exact) mass is 226 g/mol. The number of carboxylic acid groups (broad SMARTS) is 1. The van der Waals surface area contributed by atoms with Crippen molar-refractivity contribution in [3.63, 3.8) is 0 Å². The van der Waals surface area contributed by atoms with E-state index in [1.807, 2.05) is 6.92 Å². The van der Waals surface area contributed by atoms with Crippen molar-refractivity contribution < 1.29 is 9.90 Å². The van der Waals surface area contributed by atoms with Crippen LogP contribution in [0.2, 0.25) is 0 Å². The molecule has 0 spiro atoms. The number of aliphatic carboxylic acids is 1. The van der Waals surface area contributed by atoms with E-state index in [1.165, 1.54) is 32.1 Å². The Morgan fingerprint density at radius 3 is 2.44 bits per heavy atom. The topological polar surface area (TPSA) is 37.3 Å². The van der Waals surface area contributed by atoms with Gasteiger partial charge in [0, 0.05) is 0 Å². The first-order chi connectivity index (χ1) is 7.48. The highest BCUT2D eigenvalue weighted by Crippen LogP contribution is 2.44. The molecule has 1 N–H and O–H groups in total. The van der Waals surface area contributed by atoms with Gasteiger partial charge in [-0.25, -0.2) is 0 Å². The van der Waals surface area contributed by atoms with E-state index in [0.717, 1.165) is 12.8 Å². The SMILES string of the molecule is CCCC[C@]1(C)CC[C@H]([C@@H](C)C(=O)O)CC1. The fraction of sp³-hybridized carbons (Fsp3) is 0.929. The van der Waals surface area contributed by atoms with E-state index >= 15 is 0 Å². The quantitative estimate of drug-likeness (QED) is 0.766. The Kier molecular flexibility index (Phi) is 4.82. The molecule has 0 bridgehead atoms. The van der Waals surface area contributed by atoms with Gasteiger partial charge in [0.25, 0.3) is 0 Å². The zero-order valence-electron chi connectivity index (χ0n) is 11.0. The van der Waals surface area contributed by atoms with Crippen LogP contribution in [0, 0.1) is 17.3 Å². The van der Waals surface area contributed by atoms with Crippen LogP contribution in [0.5, 0.6) is 0 Å². The van der Waals surface area contributed by atoms with Gasteiger partial charge in [0.2, 0.25) is 0 Å². The molecule has 2 nitrogen and oxygen atoms in total. The van der Waals surface area contributed by atoms with E-state index < -0.39 is 5.97 Å². The molecular formula is C14H26O2. The van der Waals surface area contributed by atoms with Crippen molar-refractivity contribution in [1.82, 2.24) is 0 Å². The van der Waals surface area contributed by atoms with Crippen molar-refractivity contribution in [3.8, 4) is 0 Å². The molecule has 2 heteroatoms. The van der Waals surface area contributed by atoms with Crippen LogP contribution in [0.15, 0.2) is 0 Å². The molecule has 1 aliphatic carbocycles. The summed E-state index contributed by atoms with van der Waals surface area (Å²) in [5.74, 6) is -0.370. The van der Waals surface area contributed by atoms with Gasteiger partial charge in [-0.2, -0.15) is 0 Å². The molecule has 1 aliphatic rings. The first kappa shape index (κ1) is 13.5. The average molecular weight is 226 g/mol. The van der Waals surface area contributed by atoms with Crippen LogP contribution in [0.3, 0.4) is 0 Å². The lowest BCUT2D eigenvalue weighted by atomic mass is 9.67. The van der Waals surface area contributed by atoms with Crippen LogP contribution in [0.4, 0.5) is 0 Å². The molecule has 1 fully saturated rings. The number of carboxylic acids is 1. The van der Waals surface area contributed by atoms with E-state index in [1.54, 1.807) is 0 Å². The summed E-state index contributed by atoms with van der Waals surface area (Å²) in [5.41, 5.74) is 0.491. The zero-order valence-corrected chi connectivity index (χ0v) is 11.0. The van der Waals surface area contributed by atoms with Crippen molar-refractivity contribution in [3.05, 3.63) is 0 Å². The van der Waals surface area contributed by atoms with Crippen LogP contribution in [-0.2, 0) is 4.79 Å². The summed E-state index contributed by atoms with van der Waals surface area (Å²) in [6.45, 7) is 6.48. The molecule has 16 heavy (non-hydrogen) atoms. The Morgan fingerprint density at radius 1 is 1.44 bits per heavy atom. The third-order valence-corrected chi connectivity index (χ3v) is 4.47. The second-order valence-electron chi connectivity index (χ2n) is 5.88. The third-order valence-electron chi connectivity index (χ3n) is 4.47. The van der Waals surface area contributed by atoms with Gasteiger partial charge in [0.1, 0.15) is 0 Å². The molecular weight excluding hydrogens is 200 g/mol. The van der Waals surface area contributed by atoms with Crippen LogP contribution in [0.1, 0.15) is 65.7 Å². The van der Waals surface area contributed by atoms with Crippen LogP contribution in [0.25, 0.3) is 0 Å². The summed E-state index contributed by atoms with van der Waals surface area (Å²) in [4.78, 5) is 10.9. The van der Waals surface area contributed by atoms with Crippen molar-refractivity contribution in [2.45, 2.75) is 65.7 Å². The van der Waals surface area contributed by atoms with Crippen molar-refractivity contribution in [2.24, 2.45) is 17.3 Å². The predicted octanol–water partition coefficient (Wildman–Crippen LogP) is 4.09. The van der Waals surface area contributed by atoms with Gasteiger partial charge >= 0.3 is 5.97 Å². The zero-order chi connectivity index (χ0) is 12.2. The summed E-state index contributed by atoms with van der Waals surface area (Å²) in [6, 6.07) is 0. The van der Waals surface area contributed by atoms with Gasteiger partial charge in [-0.3, -0.25) is 4.79 Å². The molecule has 0 aromatic carbocycles. The van der Waals surface area contributed by atoms with Gasteiger partial charge < -0.3 is 5.11 Å². The normalized spacial score (nSPS) is 32.3. The minimum Gasteiger partial charge on any atom is -0.481 e. The number of rotatable bonds is 5. The molecule has 1 rings (SSSR count). The lowest BCUT2D eigenvalue weighted by molar-refractivity contribution is -0.143. The lowest BCUT2D eigenvalue weighted by Gasteiger charge is -2.38. The molecule has 0 radical (unpaired) electrons. The molecule has 0 heterocycles. The molecule has 94 valence electrons. The van der Waals surface area contributed by atoms with E-state index in [4.69, 9.17) is 5.11 Å². The van der Waals surface area contributed by atoms with Gasteiger partial charge in [-0.1, -0.05) is 33.6 Å². The molecule has 0 amide bonds. The Bertz CT molecular complexity index is 227. The highest BCUT2D eigenvalue weighted by atomic mass is 16.4. The van der Waals surface area contributed by atoms with E-state index in [0.29, 0.717) is 11.3 Å². The lowest BCUT2D eigenvalue weighted by Crippen LogP contribution is -2.30. The minimum atomic E-state index is -0.623. The summed E-state index contributed by atoms with van der Waals surface area (Å²) in [5, 5.41) is 9.01. The molecule has 0 aromatic rings. The molecule has 0 unspecified atom stereocenters. The fourth-order valence-corrected chi connectivity index (χ4v) is 2.89. The fourth-order valence-electron chi connectivity index (χ4n) is 2.89. The molecule has 0 aromatic heterocycles. The number of hydrogen-bond donors (Lipinski definition) is 1. The maximum absolute atomic E-state index is 10.9. The molecule has 1 atom stereocenters. The summed E-state index contributed by atoms with van der Waals surface area (Å²) >= 11 is 0. The summed E-state index contributed by atoms with van der Waals surface area (Å²) in [7, 11) is 0. The highest BCUT2D eigenvalue weighted by molar-refractivity contribution is 5.69. The number of carbonyl (C=O) groups is 1. The molecule has 1 saturated carbocycles. The van der Waals surface area contributed by atoms with E-state index in [-0.39, 0.29) is 5.92 Å². The Hall–Kier alpha value is -0.530. The second-order valence-corrected chi connectivity index (χ2v) is 5.88. The first-order valence-corrected chi connectivity index (χ1v) is 6.71. The Labute approximate surface area is 99.4 Å². The van der Waals surface area contributed by atoms with Crippen molar-refractivity contribution in [1.29, 1.82) is 0 Å². The highest BCUT2D eigenvalue weighted by Gasteiger charge is 2.34. The van der Waals surface area contributed by atoms with Gasteiger partial charge in [-0.15, -0.1) is 0 Å². The molecule has 0 saturated heterocycles. The largest absolute Gasteiger partial charge is 0.481 e. The Morgan fingerprint density at radius 2 is 2.00 bits per heavy atom. The standard InChI is InChI=1S/C14H26O2/c1-4-5-8-14(3)9-6-12(7-10-14)11(2)13(15)16/h11-12H,4-10H2,1-3H3,(H,15,16)/t11-,12-,14+/m1/s1. The summed E-state index contributed by atoms with van der Waals surface area (Å²) < 4.78 is 0. The van der Waals surface area contributed by atoms with Gasteiger partial charge in [0.15, 0.2) is 0 Å². The summed E-state index contributed by atoms with van der Waals surface area (Å²) in [6.07, 6.45) is 8.55. The second kappa shape index (κ2) is 5.70. The minimum absolute atomic E-state index is 0.157. The van der Waals surface area contributed by atoms with E-state index in [9.17, 15) is 4.79 Å². The maximum atomic E-state index is 10.9. The average Bonchev–Trinajstić information content (AvgIpc) is 2.26. The number of unbranched alkanes of at least 4 members (excludes halogenated alkanes) is 1. The first-order valence-electron chi connectivity index (χ1n) is 6.71. The van der Waals surface area contributed by atoms with Crippen molar-refractivity contribution >= 4 is 5.97 Å². The number of hydrogen-bond acceptors (Lipinski definition) is 1. The van der Waals surface area contributed by atoms with Crippen LogP contribution < -0.4 is 0 Å². The van der Waals surface area contributed by atoms with Crippen molar-refractivity contribution in [2.75, 3.05) is 0 Å². The van der Waals surface area contributed by atoms with Gasteiger partial charge in [0.05, 0.1) is 5.92 Å². The van der Waals surface area contributed by atoms with E-state index in [2.05, 4.69) is 13.8 Å². The van der Waals surface area contributed by atoms with Gasteiger partial charge in [-0.05, 0) is 43.4 Å².